The first kappa shape index (κ1) is 11.0. The molecule has 0 aliphatic rings. The third-order valence-electron chi connectivity index (χ3n) is 1.70. The molecule has 0 spiro atoms. The summed E-state index contributed by atoms with van der Waals surface area (Å²) >= 11 is 6.22. The zero-order valence-corrected chi connectivity index (χ0v) is 9.35. The average molecular weight is 258 g/mol. The van der Waals surface area contributed by atoms with Crippen LogP contribution in [0.2, 0.25) is 5.15 Å². The lowest BCUT2D eigenvalue weighted by Gasteiger charge is -2.01. The lowest BCUT2D eigenvalue weighted by atomic mass is 10.3. The molecule has 2 aromatic heterocycles. The van der Waals surface area contributed by atoms with E-state index in [0.29, 0.717) is 22.4 Å². The normalized spacial score (nSPS) is 10.1. The van der Waals surface area contributed by atoms with E-state index in [4.69, 9.17) is 11.6 Å². The number of hydrogen-bond acceptors (Lipinski definition) is 4. The Hall–Kier alpha value is -1.53. The van der Waals surface area contributed by atoms with Crippen molar-refractivity contribution in [3.05, 3.63) is 40.4 Å². The Labute approximate surface area is 99.3 Å². The van der Waals surface area contributed by atoms with Gasteiger partial charge in [-0.3, -0.25) is 4.79 Å². The van der Waals surface area contributed by atoms with Gasteiger partial charge in [0.1, 0.15) is 10.8 Å². The lowest BCUT2D eigenvalue weighted by Crippen LogP contribution is -2.12. The van der Waals surface area contributed by atoms with Crippen LogP contribution in [0.5, 0.6) is 0 Å². The summed E-state index contributed by atoms with van der Waals surface area (Å²) in [5.74, 6) is -0.482. The smallest absolute Gasteiger partial charge is 0.275 e. The highest BCUT2D eigenvalue weighted by Crippen LogP contribution is 2.12. The molecule has 0 saturated heterocycles. The molecule has 0 radical (unpaired) electrons. The van der Waals surface area contributed by atoms with Crippen molar-refractivity contribution in [3.8, 4) is 0 Å². The summed E-state index contributed by atoms with van der Waals surface area (Å²) in [4.78, 5) is 15.3. The molecule has 1 amide bonds. The van der Waals surface area contributed by atoms with Crippen LogP contribution in [-0.4, -0.2) is 15.3 Å². The number of carbonyl (C=O) groups excluding carboxylic acids is 1. The van der Waals surface area contributed by atoms with Crippen LogP contribution < -0.4 is 5.32 Å². The van der Waals surface area contributed by atoms with E-state index in [0.717, 1.165) is 6.07 Å². The maximum Gasteiger partial charge on any atom is 0.275 e. The van der Waals surface area contributed by atoms with Crippen molar-refractivity contribution >= 4 is 34.7 Å². The maximum absolute atomic E-state index is 12.6. The molecule has 0 aliphatic carbocycles. The number of amides is 1. The molecular formula is C9H5ClFN3OS. The topological polar surface area (TPSA) is 54.9 Å². The third kappa shape index (κ3) is 2.53. The SMILES string of the molecule is O=C(Nc1ccc(Cl)nc1)c1cc(F)sn1. The van der Waals surface area contributed by atoms with Crippen LogP contribution in [-0.2, 0) is 0 Å². The Morgan fingerprint density at radius 1 is 1.50 bits per heavy atom. The van der Waals surface area contributed by atoms with Crippen molar-refractivity contribution in [3.63, 3.8) is 0 Å². The van der Waals surface area contributed by atoms with Gasteiger partial charge in [0, 0.05) is 6.07 Å². The van der Waals surface area contributed by atoms with Crippen molar-refractivity contribution in [1.82, 2.24) is 9.36 Å². The van der Waals surface area contributed by atoms with Gasteiger partial charge in [-0.1, -0.05) is 11.6 Å². The highest BCUT2D eigenvalue weighted by molar-refractivity contribution is 7.04. The summed E-state index contributed by atoms with van der Waals surface area (Å²) in [7, 11) is 0. The number of nitrogens with zero attached hydrogens (tertiary/aromatic N) is 2. The summed E-state index contributed by atoms with van der Waals surface area (Å²) in [6.07, 6.45) is 1.41. The van der Waals surface area contributed by atoms with Crippen LogP contribution in [0.25, 0.3) is 0 Å². The van der Waals surface area contributed by atoms with Crippen LogP contribution >= 0.6 is 23.1 Å². The van der Waals surface area contributed by atoms with Gasteiger partial charge >= 0.3 is 0 Å². The minimum absolute atomic E-state index is 0.0393. The fourth-order valence-electron chi connectivity index (χ4n) is 1.00. The minimum atomic E-state index is -0.501. The Morgan fingerprint density at radius 2 is 2.31 bits per heavy atom. The monoisotopic (exact) mass is 257 g/mol. The highest BCUT2D eigenvalue weighted by atomic mass is 35.5. The molecule has 2 rings (SSSR count). The van der Waals surface area contributed by atoms with E-state index in [2.05, 4.69) is 14.7 Å². The Morgan fingerprint density at radius 3 is 2.88 bits per heavy atom. The van der Waals surface area contributed by atoms with E-state index in [9.17, 15) is 9.18 Å². The van der Waals surface area contributed by atoms with E-state index < -0.39 is 11.0 Å². The molecule has 0 aliphatic heterocycles. The van der Waals surface area contributed by atoms with Gasteiger partial charge in [-0.05, 0) is 23.7 Å². The molecule has 4 nitrogen and oxygen atoms in total. The molecule has 16 heavy (non-hydrogen) atoms. The zero-order chi connectivity index (χ0) is 11.5. The molecule has 0 unspecified atom stereocenters. The van der Waals surface area contributed by atoms with E-state index in [1.807, 2.05) is 0 Å². The standard InChI is InChI=1S/C9H5ClFN3OS/c10-7-2-1-5(4-12-7)13-9(15)6-3-8(11)16-14-6/h1-4H,(H,13,15). The predicted molar refractivity (Wildman–Crippen MR) is 59.3 cm³/mol. The van der Waals surface area contributed by atoms with Crippen molar-refractivity contribution in [2.24, 2.45) is 0 Å². The second-order valence-electron chi connectivity index (χ2n) is 2.84. The van der Waals surface area contributed by atoms with Gasteiger partial charge in [0.2, 0.25) is 0 Å². The Balaban J connectivity index is 2.10. The minimum Gasteiger partial charge on any atom is -0.319 e. The van der Waals surface area contributed by atoms with Crippen molar-refractivity contribution in [2.75, 3.05) is 5.32 Å². The molecule has 82 valence electrons. The largest absolute Gasteiger partial charge is 0.319 e. The first-order valence-corrected chi connectivity index (χ1v) is 5.35. The second kappa shape index (κ2) is 4.54. The molecule has 1 N–H and O–H groups in total. The number of rotatable bonds is 2. The molecule has 0 saturated carbocycles. The van der Waals surface area contributed by atoms with Gasteiger partial charge in [-0.2, -0.15) is 8.76 Å². The summed E-state index contributed by atoms with van der Waals surface area (Å²) in [6.45, 7) is 0. The van der Waals surface area contributed by atoms with E-state index in [-0.39, 0.29) is 5.69 Å². The summed E-state index contributed by atoms with van der Waals surface area (Å²) in [5, 5.41) is 2.35. The first-order chi connectivity index (χ1) is 7.65. The predicted octanol–water partition coefficient (Wildman–Crippen LogP) is 2.58. The number of carbonyl (C=O) groups is 1. The summed E-state index contributed by atoms with van der Waals surface area (Å²) < 4.78 is 16.3. The number of pyridine rings is 1. The lowest BCUT2D eigenvalue weighted by molar-refractivity contribution is 0.102. The van der Waals surface area contributed by atoms with Crippen molar-refractivity contribution in [1.29, 1.82) is 0 Å². The van der Waals surface area contributed by atoms with Gasteiger partial charge in [-0.15, -0.1) is 0 Å². The van der Waals surface area contributed by atoms with Gasteiger partial charge < -0.3 is 5.32 Å². The van der Waals surface area contributed by atoms with E-state index in [1.165, 1.54) is 6.20 Å². The molecule has 0 fully saturated rings. The number of nitrogens with one attached hydrogen (secondary N) is 1. The van der Waals surface area contributed by atoms with Gasteiger partial charge in [0.15, 0.2) is 5.13 Å². The van der Waals surface area contributed by atoms with Crippen LogP contribution in [0.3, 0.4) is 0 Å². The van der Waals surface area contributed by atoms with Crippen LogP contribution in [0, 0.1) is 5.13 Å². The second-order valence-corrected chi connectivity index (χ2v) is 3.98. The van der Waals surface area contributed by atoms with Gasteiger partial charge in [-0.25, -0.2) is 4.98 Å². The fraction of sp³-hybridized carbons (Fsp3) is 0. The molecule has 2 aromatic rings. The van der Waals surface area contributed by atoms with Gasteiger partial charge in [0.25, 0.3) is 5.91 Å². The van der Waals surface area contributed by atoms with Crippen LogP contribution in [0.1, 0.15) is 10.5 Å². The highest BCUT2D eigenvalue weighted by Gasteiger charge is 2.10. The first-order valence-electron chi connectivity index (χ1n) is 4.20. The average Bonchev–Trinajstić information content (AvgIpc) is 2.68. The molecule has 0 bridgehead atoms. The molecule has 0 aromatic carbocycles. The zero-order valence-electron chi connectivity index (χ0n) is 7.78. The Bertz CT molecular complexity index is 514. The number of hydrogen-bond donors (Lipinski definition) is 1. The molecular weight excluding hydrogens is 253 g/mol. The van der Waals surface area contributed by atoms with Gasteiger partial charge in [0.05, 0.1) is 11.9 Å². The maximum atomic E-state index is 12.6. The van der Waals surface area contributed by atoms with Crippen LogP contribution in [0.15, 0.2) is 24.4 Å². The molecule has 2 heterocycles. The molecule has 0 atom stereocenters. The summed E-state index contributed by atoms with van der Waals surface area (Å²) in [6, 6.07) is 4.21. The fourth-order valence-corrected chi connectivity index (χ4v) is 1.60. The Kier molecular flexibility index (Phi) is 3.12. The van der Waals surface area contributed by atoms with E-state index >= 15 is 0 Å². The summed E-state index contributed by atoms with van der Waals surface area (Å²) in [5.41, 5.74) is 0.514. The van der Waals surface area contributed by atoms with Crippen molar-refractivity contribution in [2.45, 2.75) is 0 Å². The number of halogens is 2. The quantitative estimate of drug-likeness (QED) is 0.842. The molecule has 7 heteroatoms. The third-order valence-corrected chi connectivity index (χ3v) is 2.50. The van der Waals surface area contributed by atoms with Crippen LogP contribution in [0.4, 0.5) is 10.1 Å². The number of aromatic nitrogens is 2. The van der Waals surface area contributed by atoms with E-state index in [1.54, 1.807) is 12.1 Å². The van der Waals surface area contributed by atoms with Crippen molar-refractivity contribution < 1.29 is 9.18 Å². The number of anilines is 1.